The predicted octanol–water partition coefficient (Wildman–Crippen LogP) is 3.46. The first kappa shape index (κ1) is 21.3. The maximum Gasteiger partial charge on any atom is 0.325 e. The molecule has 1 aromatic carbocycles. The molecule has 1 aromatic heterocycles. The van der Waals surface area contributed by atoms with Gasteiger partial charge >= 0.3 is 12.0 Å². The van der Waals surface area contributed by atoms with Crippen molar-refractivity contribution >= 4 is 29.0 Å². The largest absolute Gasteiger partial charge is 0.465 e. The Labute approximate surface area is 185 Å². The molecule has 8 nitrogen and oxygen atoms in total. The summed E-state index contributed by atoms with van der Waals surface area (Å²) in [6.45, 7) is 3.21. The minimum absolute atomic E-state index is 0.0577. The molecule has 1 unspecified atom stereocenters. The van der Waals surface area contributed by atoms with Gasteiger partial charge in [-0.2, -0.15) is 0 Å². The lowest BCUT2D eigenvalue weighted by atomic mass is 9.97. The van der Waals surface area contributed by atoms with Crippen molar-refractivity contribution in [1.29, 1.82) is 0 Å². The molecular formula is C22H26N4O4S. The lowest BCUT2D eigenvalue weighted by Gasteiger charge is -2.31. The highest BCUT2D eigenvalue weighted by Gasteiger charge is 2.28. The number of amides is 2. The Kier molecular flexibility index (Phi) is 6.81. The molecule has 2 aromatic rings. The fourth-order valence-corrected chi connectivity index (χ4v) is 4.78. The average Bonchev–Trinajstić information content (AvgIpc) is 3.48. The molecule has 31 heavy (non-hydrogen) atoms. The van der Waals surface area contributed by atoms with Gasteiger partial charge in [0.05, 0.1) is 17.3 Å². The van der Waals surface area contributed by atoms with Crippen LogP contribution >= 0.6 is 11.3 Å². The Morgan fingerprint density at radius 3 is 2.77 bits per heavy atom. The maximum absolute atomic E-state index is 12.2. The van der Waals surface area contributed by atoms with Crippen LogP contribution in [-0.4, -0.2) is 53.8 Å². The van der Waals surface area contributed by atoms with E-state index >= 15 is 0 Å². The SMILES string of the molecule is CCOC(=O)CNC(=O)N1CCC(c2nc(C3=NOC(c4ccccc4)C3)cs2)CC1. The van der Waals surface area contributed by atoms with E-state index in [-0.39, 0.29) is 18.7 Å². The first-order valence-electron chi connectivity index (χ1n) is 10.6. The highest BCUT2D eigenvalue weighted by Crippen LogP contribution is 2.33. The third kappa shape index (κ3) is 5.22. The molecule has 4 rings (SSSR count). The first-order valence-corrected chi connectivity index (χ1v) is 11.4. The van der Waals surface area contributed by atoms with Crippen LogP contribution in [0.5, 0.6) is 0 Å². The zero-order valence-corrected chi connectivity index (χ0v) is 18.3. The number of carbonyl (C=O) groups is 2. The van der Waals surface area contributed by atoms with Gasteiger partial charge in [-0.05, 0) is 25.3 Å². The van der Waals surface area contributed by atoms with Gasteiger partial charge in [0.2, 0.25) is 0 Å². The Morgan fingerprint density at radius 2 is 2.03 bits per heavy atom. The van der Waals surface area contributed by atoms with Crippen molar-refractivity contribution in [3.05, 3.63) is 52.0 Å². The Bertz CT molecular complexity index is 938. The van der Waals surface area contributed by atoms with E-state index in [4.69, 9.17) is 14.6 Å². The van der Waals surface area contributed by atoms with Crippen molar-refractivity contribution in [1.82, 2.24) is 15.2 Å². The molecule has 2 aliphatic heterocycles. The Hall–Kier alpha value is -2.94. The van der Waals surface area contributed by atoms with Gasteiger partial charge < -0.3 is 19.8 Å². The number of ether oxygens (including phenoxy) is 1. The number of carbonyl (C=O) groups excluding carboxylic acids is 2. The molecule has 9 heteroatoms. The lowest BCUT2D eigenvalue weighted by molar-refractivity contribution is -0.141. The number of likely N-dealkylation sites (tertiary alicyclic amines) is 1. The molecule has 1 atom stereocenters. The molecule has 3 heterocycles. The van der Waals surface area contributed by atoms with Crippen molar-refractivity contribution < 1.29 is 19.2 Å². The zero-order valence-electron chi connectivity index (χ0n) is 17.5. The number of urea groups is 1. The second-order valence-electron chi connectivity index (χ2n) is 7.54. The Morgan fingerprint density at radius 1 is 1.26 bits per heavy atom. The molecule has 164 valence electrons. The number of aromatic nitrogens is 1. The molecule has 2 amide bonds. The normalized spacial score (nSPS) is 18.9. The van der Waals surface area contributed by atoms with E-state index < -0.39 is 5.97 Å². The number of hydrogen-bond donors (Lipinski definition) is 1. The van der Waals surface area contributed by atoms with Crippen LogP contribution in [-0.2, 0) is 14.4 Å². The first-order chi connectivity index (χ1) is 15.1. The van der Waals surface area contributed by atoms with Gasteiger partial charge in [-0.15, -0.1) is 11.3 Å². The fourth-order valence-electron chi connectivity index (χ4n) is 3.78. The van der Waals surface area contributed by atoms with Crippen molar-refractivity contribution in [3.63, 3.8) is 0 Å². The quantitative estimate of drug-likeness (QED) is 0.692. The van der Waals surface area contributed by atoms with E-state index in [1.54, 1.807) is 23.2 Å². The minimum Gasteiger partial charge on any atom is -0.465 e. The number of hydrogen-bond acceptors (Lipinski definition) is 7. The lowest BCUT2D eigenvalue weighted by Crippen LogP contribution is -2.45. The number of esters is 1. The van der Waals surface area contributed by atoms with Crippen molar-refractivity contribution in [2.75, 3.05) is 26.2 Å². The highest BCUT2D eigenvalue weighted by molar-refractivity contribution is 7.10. The summed E-state index contributed by atoms with van der Waals surface area (Å²) in [5, 5.41) is 10.0. The van der Waals surface area contributed by atoms with Gasteiger partial charge in [0.25, 0.3) is 0 Å². The van der Waals surface area contributed by atoms with Crippen LogP contribution < -0.4 is 5.32 Å². The number of nitrogens with zero attached hydrogens (tertiary/aromatic N) is 3. The van der Waals surface area contributed by atoms with Crippen LogP contribution in [0.25, 0.3) is 0 Å². The van der Waals surface area contributed by atoms with Gasteiger partial charge in [-0.1, -0.05) is 35.5 Å². The molecule has 1 saturated heterocycles. The summed E-state index contributed by atoms with van der Waals surface area (Å²) >= 11 is 1.64. The molecule has 0 spiro atoms. The molecule has 2 aliphatic rings. The number of rotatable bonds is 6. The summed E-state index contributed by atoms with van der Waals surface area (Å²) in [7, 11) is 0. The second kappa shape index (κ2) is 9.91. The number of oxime groups is 1. The third-order valence-electron chi connectivity index (χ3n) is 5.48. The highest BCUT2D eigenvalue weighted by atomic mass is 32.1. The summed E-state index contributed by atoms with van der Waals surface area (Å²) in [6.07, 6.45) is 2.34. The molecule has 0 bridgehead atoms. The summed E-state index contributed by atoms with van der Waals surface area (Å²) in [5.74, 6) is -0.102. The van der Waals surface area contributed by atoms with Crippen LogP contribution in [0.15, 0.2) is 40.9 Å². The average molecular weight is 443 g/mol. The van der Waals surface area contributed by atoms with Crippen molar-refractivity contribution in [2.45, 2.75) is 38.2 Å². The summed E-state index contributed by atoms with van der Waals surface area (Å²) < 4.78 is 4.83. The zero-order chi connectivity index (χ0) is 21.6. The van der Waals surface area contributed by atoms with Crippen molar-refractivity contribution in [2.24, 2.45) is 5.16 Å². The molecule has 0 radical (unpaired) electrons. The van der Waals surface area contributed by atoms with Crippen LogP contribution in [0.3, 0.4) is 0 Å². The standard InChI is InChI=1S/C22H26N4O4S/c1-2-29-20(27)13-23-22(28)26-10-8-16(9-11-26)21-24-18(14-31-21)17-12-19(30-25-17)15-6-4-3-5-7-15/h3-7,14,16,19H,2,8-13H2,1H3,(H,23,28). The third-order valence-corrected chi connectivity index (χ3v) is 6.49. The van der Waals surface area contributed by atoms with Crippen LogP contribution in [0, 0.1) is 0 Å². The van der Waals surface area contributed by atoms with Gasteiger partial charge in [0.1, 0.15) is 12.3 Å². The van der Waals surface area contributed by atoms with Gasteiger partial charge in [0, 0.05) is 30.8 Å². The smallest absolute Gasteiger partial charge is 0.325 e. The van der Waals surface area contributed by atoms with Gasteiger partial charge in [-0.25, -0.2) is 9.78 Å². The summed E-state index contributed by atoms with van der Waals surface area (Å²) in [4.78, 5) is 35.8. The van der Waals surface area contributed by atoms with E-state index in [1.165, 1.54) is 0 Å². The predicted molar refractivity (Wildman–Crippen MR) is 117 cm³/mol. The monoisotopic (exact) mass is 442 g/mol. The molecule has 1 fully saturated rings. The van der Waals surface area contributed by atoms with Crippen LogP contribution in [0.2, 0.25) is 0 Å². The minimum atomic E-state index is -0.422. The second-order valence-corrected chi connectivity index (χ2v) is 8.43. The Balaban J connectivity index is 1.27. The fraction of sp³-hybridized carbons (Fsp3) is 0.455. The van der Waals surface area contributed by atoms with E-state index in [1.807, 2.05) is 35.7 Å². The molecule has 1 N–H and O–H groups in total. The van der Waals surface area contributed by atoms with Crippen LogP contribution in [0.1, 0.15) is 54.5 Å². The van der Waals surface area contributed by atoms with Gasteiger partial charge in [-0.3, -0.25) is 4.79 Å². The van der Waals surface area contributed by atoms with Crippen molar-refractivity contribution in [3.8, 4) is 0 Å². The van der Waals surface area contributed by atoms with Crippen LogP contribution in [0.4, 0.5) is 4.79 Å². The van der Waals surface area contributed by atoms with E-state index in [9.17, 15) is 9.59 Å². The number of nitrogens with one attached hydrogen (secondary N) is 1. The number of benzene rings is 1. The van der Waals surface area contributed by atoms with E-state index in [0.29, 0.717) is 32.0 Å². The maximum atomic E-state index is 12.2. The van der Waals surface area contributed by atoms with E-state index in [0.717, 1.165) is 34.8 Å². The molecular weight excluding hydrogens is 416 g/mol. The summed E-state index contributed by atoms with van der Waals surface area (Å²) in [6, 6.07) is 9.86. The molecule has 0 saturated carbocycles. The van der Waals surface area contributed by atoms with E-state index in [2.05, 4.69) is 10.5 Å². The van der Waals surface area contributed by atoms with Gasteiger partial charge in [0.15, 0.2) is 6.10 Å². The number of piperidine rings is 1. The topological polar surface area (TPSA) is 93.1 Å². The molecule has 0 aliphatic carbocycles. The number of thiazole rings is 1. The summed E-state index contributed by atoms with van der Waals surface area (Å²) in [5.41, 5.74) is 2.88.